The number of rotatable bonds is 3. The molecule has 0 bridgehead atoms. The van der Waals surface area contributed by atoms with Crippen LogP contribution < -0.4 is 10.5 Å². The van der Waals surface area contributed by atoms with Crippen LogP contribution in [-0.4, -0.2) is 16.2 Å². The maximum absolute atomic E-state index is 6.04. The molecule has 3 aromatic rings. The van der Waals surface area contributed by atoms with Crippen molar-refractivity contribution in [3.8, 4) is 11.4 Å². The van der Waals surface area contributed by atoms with Gasteiger partial charge < -0.3 is 10.5 Å². The first-order valence-electron chi connectivity index (χ1n) is 6.35. The molecule has 102 valence electrons. The number of benzene rings is 2. The van der Waals surface area contributed by atoms with Crippen LogP contribution in [0.25, 0.3) is 16.7 Å². The molecule has 5 heteroatoms. The van der Waals surface area contributed by atoms with Crippen molar-refractivity contribution in [1.82, 2.24) is 9.55 Å². The van der Waals surface area contributed by atoms with E-state index in [-0.39, 0.29) is 0 Å². The zero-order valence-corrected chi connectivity index (χ0v) is 12.6. The standard InChI is InChI=1S/C15H14BrN3O/c1-2-20-12-6-4-11(5-7-12)19-14-9-10(16)3-8-13(14)18-15(19)17/h3-9H,2H2,1H3,(H2,17,18). The third kappa shape index (κ3) is 2.25. The van der Waals surface area contributed by atoms with E-state index in [1.165, 1.54) is 0 Å². The van der Waals surface area contributed by atoms with Gasteiger partial charge in [0.05, 0.1) is 17.6 Å². The van der Waals surface area contributed by atoms with Crippen molar-refractivity contribution in [2.24, 2.45) is 0 Å². The fourth-order valence-corrected chi connectivity index (χ4v) is 2.55. The second-order valence-electron chi connectivity index (χ2n) is 4.37. The number of anilines is 1. The molecule has 2 aromatic carbocycles. The lowest BCUT2D eigenvalue weighted by Crippen LogP contribution is -2.00. The predicted octanol–water partition coefficient (Wildman–Crippen LogP) is 3.77. The summed E-state index contributed by atoms with van der Waals surface area (Å²) in [4.78, 5) is 4.38. The van der Waals surface area contributed by atoms with Crippen molar-refractivity contribution in [3.05, 3.63) is 46.9 Å². The van der Waals surface area contributed by atoms with E-state index in [1.807, 2.05) is 54.0 Å². The summed E-state index contributed by atoms with van der Waals surface area (Å²) in [6.07, 6.45) is 0. The van der Waals surface area contributed by atoms with Crippen LogP contribution in [-0.2, 0) is 0 Å². The third-order valence-electron chi connectivity index (χ3n) is 3.05. The molecule has 0 aliphatic heterocycles. The highest BCUT2D eigenvalue weighted by Crippen LogP contribution is 2.26. The van der Waals surface area contributed by atoms with Gasteiger partial charge in [0.2, 0.25) is 5.95 Å². The molecule has 1 aromatic heterocycles. The lowest BCUT2D eigenvalue weighted by molar-refractivity contribution is 0.340. The molecule has 0 spiro atoms. The summed E-state index contributed by atoms with van der Waals surface area (Å²) in [7, 11) is 0. The Morgan fingerprint density at radius 2 is 1.95 bits per heavy atom. The van der Waals surface area contributed by atoms with E-state index in [4.69, 9.17) is 10.5 Å². The maximum Gasteiger partial charge on any atom is 0.205 e. The van der Waals surface area contributed by atoms with Gasteiger partial charge in [-0.1, -0.05) is 15.9 Å². The van der Waals surface area contributed by atoms with Gasteiger partial charge >= 0.3 is 0 Å². The molecule has 1 heterocycles. The number of aromatic nitrogens is 2. The number of halogens is 1. The molecule has 0 saturated heterocycles. The highest BCUT2D eigenvalue weighted by atomic mass is 79.9. The van der Waals surface area contributed by atoms with Gasteiger partial charge in [-0.05, 0) is 49.4 Å². The molecule has 3 rings (SSSR count). The molecule has 2 N–H and O–H groups in total. The summed E-state index contributed by atoms with van der Waals surface area (Å²) in [5.74, 6) is 1.32. The largest absolute Gasteiger partial charge is 0.494 e. The molecule has 20 heavy (non-hydrogen) atoms. The Morgan fingerprint density at radius 1 is 1.20 bits per heavy atom. The first-order valence-corrected chi connectivity index (χ1v) is 7.15. The third-order valence-corrected chi connectivity index (χ3v) is 3.54. The number of ether oxygens (including phenoxy) is 1. The lowest BCUT2D eigenvalue weighted by Gasteiger charge is -2.08. The number of hydrogen-bond donors (Lipinski definition) is 1. The molecular weight excluding hydrogens is 318 g/mol. The summed E-state index contributed by atoms with van der Waals surface area (Å²) in [6.45, 7) is 2.62. The predicted molar refractivity (Wildman–Crippen MR) is 84.4 cm³/mol. The second-order valence-corrected chi connectivity index (χ2v) is 5.28. The Balaban J connectivity index is 2.13. The topological polar surface area (TPSA) is 53.1 Å². The summed E-state index contributed by atoms with van der Waals surface area (Å²) in [6, 6.07) is 13.7. The molecule has 0 aliphatic rings. The SMILES string of the molecule is CCOc1ccc(-n2c(N)nc3ccc(Br)cc32)cc1. The molecule has 0 aliphatic carbocycles. The van der Waals surface area contributed by atoms with Gasteiger partial charge in [0.1, 0.15) is 5.75 Å². The van der Waals surface area contributed by atoms with E-state index in [0.29, 0.717) is 12.6 Å². The van der Waals surface area contributed by atoms with Crippen molar-refractivity contribution < 1.29 is 4.74 Å². The van der Waals surface area contributed by atoms with E-state index in [1.54, 1.807) is 0 Å². The van der Waals surface area contributed by atoms with E-state index >= 15 is 0 Å². The fourth-order valence-electron chi connectivity index (χ4n) is 2.20. The highest BCUT2D eigenvalue weighted by Gasteiger charge is 2.10. The molecule has 0 amide bonds. The Labute approximate surface area is 125 Å². The first-order chi connectivity index (χ1) is 9.69. The molecule has 0 unspecified atom stereocenters. The van der Waals surface area contributed by atoms with Crippen molar-refractivity contribution in [2.75, 3.05) is 12.3 Å². The zero-order chi connectivity index (χ0) is 14.1. The van der Waals surface area contributed by atoms with Crippen LogP contribution in [0.1, 0.15) is 6.92 Å². The van der Waals surface area contributed by atoms with Gasteiger partial charge in [-0.25, -0.2) is 4.98 Å². The van der Waals surface area contributed by atoms with E-state index in [2.05, 4.69) is 20.9 Å². The van der Waals surface area contributed by atoms with Crippen LogP contribution in [0.15, 0.2) is 46.9 Å². The summed E-state index contributed by atoms with van der Waals surface area (Å²) in [5, 5.41) is 0. The molecule has 0 fully saturated rings. The zero-order valence-electron chi connectivity index (χ0n) is 11.0. The van der Waals surface area contributed by atoms with Crippen molar-refractivity contribution >= 4 is 32.9 Å². The lowest BCUT2D eigenvalue weighted by atomic mass is 10.2. The highest BCUT2D eigenvalue weighted by molar-refractivity contribution is 9.10. The number of hydrogen-bond acceptors (Lipinski definition) is 3. The van der Waals surface area contributed by atoms with Gasteiger partial charge in [0.25, 0.3) is 0 Å². The second kappa shape index (κ2) is 5.17. The van der Waals surface area contributed by atoms with Gasteiger partial charge in [-0.3, -0.25) is 4.57 Å². The summed E-state index contributed by atoms with van der Waals surface area (Å²) < 4.78 is 8.38. The van der Waals surface area contributed by atoms with Crippen LogP contribution in [0.5, 0.6) is 5.75 Å². The average Bonchev–Trinajstić information content (AvgIpc) is 2.76. The minimum absolute atomic E-state index is 0.474. The Morgan fingerprint density at radius 3 is 2.65 bits per heavy atom. The Hall–Kier alpha value is -2.01. The van der Waals surface area contributed by atoms with Crippen LogP contribution in [0.2, 0.25) is 0 Å². The smallest absolute Gasteiger partial charge is 0.205 e. The minimum atomic E-state index is 0.474. The van der Waals surface area contributed by atoms with Crippen LogP contribution >= 0.6 is 15.9 Å². The van der Waals surface area contributed by atoms with Crippen molar-refractivity contribution in [1.29, 1.82) is 0 Å². The van der Waals surface area contributed by atoms with Crippen LogP contribution in [0, 0.1) is 0 Å². The summed E-state index contributed by atoms with van der Waals surface area (Å²) >= 11 is 3.48. The number of imidazole rings is 1. The van der Waals surface area contributed by atoms with E-state index < -0.39 is 0 Å². The Kier molecular flexibility index (Phi) is 3.36. The van der Waals surface area contributed by atoms with Gasteiger partial charge in [-0.15, -0.1) is 0 Å². The molecular formula is C15H14BrN3O. The fraction of sp³-hybridized carbons (Fsp3) is 0.133. The monoisotopic (exact) mass is 331 g/mol. The number of nitrogen functional groups attached to an aromatic ring is 1. The normalized spacial score (nSPS) is 10.9. The summed E-state index contributed by atoms with van der Waals surface area (Å²) in [5.41, 5.74) is 8.85. The van der Waals surface area contributed by atoms with E-state index in [0.717, 1.165) is 26.9 Å². The molecule has 4 nitrogen and oxygen atoms in total. The average molecular weight is 332 g/mol. The first kappa shape index (κ1) is 13.0. The number of nitrogens with zero attached hydrogens (tertiary/aromatic N) is 2. The Bertz CT molecular complexity index is 750. The van der Waals surface area contributed by atoms with Crippen LogP contribution in [0.3, 0.4) is 0 Å². The van der Waals surface area contributed by atoms with Crippen LogP contribution in [0.4, 0.5) is 5.95 Å². The number of nitrogens with two attached hydrogens (primary N) is 1. The minimum Gasteiger partial charge on any atom is -0.494 e. The maximum atomic E-state index is 6.04. The quantitative estimate of drug-likeness (QED) is 0.794. The van der Waals surface area contributed by atoms with Gasteiger partial charge in [-0.2, -0.15) is 0 Å². The van der Waals surface area contributed by atoms with E-state index in [9.17, 15) is 0 Å². The number of fused-ring (bicyclic) bond motifs is 1. The molecule has 0 saturated carbocycles. The van der Waals surface area contributed by atoms with Gasteiger partial charge in [0, 0.05) is 10.2 Å². The van der Waals surface area contributed by atoms with Crippen molar-refractivity contribution in [3.63, 3.8) is 0 Å². The molecule has 0 radical (unpaired) electrons. The van der Waals surface area contributed by atoms with Gasteiger partial charge in [0.15, 0.2) is 0 Å². The van der Waals surface area contributed by atoms with Crippen molar-refractivity contribution in [2.45, 2.75) is 6.92 Å². The molecule has 0 atom stereocenters.